The monoisotopic (exact) mass is 785 g/mol. The van der Waals surface area contributed by atoms with Crippen LogP contribution in [0.4, 0.5) is 4.79 Å². The van der Waals surface area contributed by atoms with Gasteiger partial charge >= 0.3 is 6.03 Å². The first-order valence-corrected chi connectivity index (χ1v) is 22.6. The number of ketones is 1. The normalized spacial score (nSPS) is 26.6. The first kappa shape index (κ1) is 43.0. The van der Waals surface area contributed by atoms with Crippen molar-refractivity contribution in [3.8, 4) is 12.3 Å². The van der Waals surface area contributed by atoms with E-state index < -0.39 is 67.3 Å². The van der Waals surface area contributed by atoms with Crippen LogP contribution in [0.5, 0.6) is 0 Å². The largest absolute Gasteiger partial charge is 0.348 e. The molecular formula is C42H67N5O7S. The molecule has 5 fully saturated rings. The number of likely N-dealkylation sites (tertiary alicyclic amines) is 1. The summed E-state index contributed by atoms with van der Waals surface area (Å²) < 4.78 is 26.5. The molecule has 0 aromatic heterocycles. The molecule has 13 heteroatoms. The number of rotatable bonds is 16. The summed E-state index contributed by atoms with van der Waals surface area (Å²) in [6.45, 7) is 12.0. The molecule has 5 rings (SSSR count). The zero-order valence-corrected chi connectivity index (χ0v) is 35.0. The average Bonchev–Trinajstić information content (AvgIpc) is 3.41. The van der Waals surface area contributed by atoms with Crippen molar-refractivity contribution in [2.45, 2.75) is 173 Å². The molecule has 0 spiro atoms. The SMILES string of the molecule is C#CCCNC(=O)C(=O)C(CC1CCC1)NC(=O)[C@@H]1C2[C@@H](CN1C(=O)[C@@H](NC(=O)NC1(CS(=O)(=O)C(C)(C)CC)CCCCC1)C1(C)CCCCC1)C2(C)C. The molecule has 1 heterocycles. The Bertz CT molecular complexity index is 1620. The summed E-state index contributed by atoms with van der Waals surface area (Å²) in [5, 5.41) is 11.7. The maximum absolute atomic E-state index is 15.0. The van der Waals surface area contributed by atoms with Gasteiger partial charge in [-0.15, -0.1) is 12.3 Å². The quantitative estimate of drug-likeness (QED) is 0.0990. The lowest BCUT2D eigenvalue weighted by molar-refractivity contribution is -0.146. The number of nitrogens with zero attached hydrogens (tertiary/aromatic N) is 1. The molecule has 0 radical (unpaired) electrons. The lowest BCUT2D eigenvalue weighted by Gasteiger charge is -2.44. The molecule has 1 aliphatic heterocycles. The van der Waals surface area contributed by atoms with E-state index >= 15 is 4.79 Å². The number of fused-ring (bicyclic) bond motifs is 1. The first-order chi connectivity index (χ1) is 25.8. The van der Waals surface area contributed by atoms with Crippen molar-refractivity contribution < 1.29 is 32.4 Å². The van der Waals surface area contributed by atoms with Gasteiger partial charge in [0.25, 0.3) is 5.91 Å². The van der Waals surface area contributed by atoms with E-state index in [9.17, 15) is 27.6 Å². The molecule has 1 saturated heterocycles. The third-order valence-corrected chi connectivity index (χ3v) is 17.4. The highest BCUT2D eigenvalue weighted by molar-refractivity contribution is 7.92. The number of terminal acetylenes is 1. The predicted octanol–water partition coefficient (Wildman–Crippen LogP) is 4.80. The zero-order chi connectivity index (χ0) is 40.4. The van der Waals surface area contributed by atoms with Crippen LogP contribution in [-0.2, 0) is 29.0 Å². The van der Waals surface area contributed by atoms with Crippen molar-refractivity contribution in [3.05, 3.63) is 0 Å². The summed E-state index contributed by atoms with van der Waals surface area (Å²) in [6, 6.07) is -3.43. The number of urea groups is 1. The fraction of sp³-hybridized carbons (Fsp3) is 0.833. The van der Waals surface area contributed by atoms with E-state index in [1.54, 1.807) is 18.7 Å². The van der Waals surface area contributed by atoms with E-state index in [2.05, 4.69) is 41.0 Å². The number of nitrogens with one attached hydrogen (secondary N) is 4. The number of hydrogen-bond acceptors (Lipinski definition) is 7. The molecule has 0 bridgehead atoms. The number of carbonyl (C=O) groups excluding carboxylic acids is 5. The van der Waals surface area contributed by atoms with Crippen LogP contribution in [0.1, 0.15) is 144 Å². The van der Waals surface area contributed by atoms with Gasteiger partial charge in [0.2, 0.25) is 17.6 Å². The van der Waals surface area contributed by atoms with E-state index in [4.69, 9.17) is 6.42 Å². The van der Waals surface area contributed by atoms with Gasteiger partial charge in [0.15, 0.2) is 9.84 Å². The van der Waals surface area contributed by atoms with Crippen LogP contribution in [0.2, 0.25) is 0 Å². The predicted molar refractivity (Wildman–Crippen MR) is 212 cm³/mol. The Morgan fingerprint density at radius 3 is 2.09 bits per heavy atom. The smallest absolute Gasteiger partial charge is 0.315 e. The van der Waals surface area contributed by atoms with Crippen molar-refractivity contribution in [2.75, 3.05) is 18.8 Å². The molecule has 5 aliphatic rings. The van der Waals surface area contributed by atoms with Gasteiger partial charge in [-0.05, 0) is 81.0 Å². The highest BCUT2D eigenvalue weighted by atomic mass is 32.2. The van der Waals surface area contributed by atoms with Gasteiger partial charge in [0.05, 0.1) is 22.1 Å². The first-order valence-electron chi connectivity index (χ1n) is 21.0. The highest BCUT2D eigenvalue weighted by Crippen LogP contribution is 2.65. The molecule has 0 aromatic rings. The van der Waals surface area contributed by atoms with Gasteiger partial charge in [-0.2, -0.15) is 0 Å². The van der Waals surface area contributed by atoms with E-state index in [0.29, 0.717) is 45.1 Å². The summed E-state index contributed by atoms with van der Waals surface area (Å²) in [6.07, 6.45) is 17.1. The van der Waals surface area contributed by atoms with Gasteiger partial charge in [-0.1, -0.05) is 85.5 Å². The number of Topliss-reactive ketones (excluding diaryl/α,β-unsaturated/α-hetero) is 1. The lowest BCUT2D eigenvalue weighted by atomic mass is 9.70. The molecule has 0 aromatic carbocycles. The molecule has 4 saturated carbocycles. The third kappa shape index (κ3) is 9.20. The number of piperidine rings is 1. The van der Waals surface area contributed by atoms with E-state index in [0.717, 1.165) is 57.8 Å². The second kappa shape index (κ2) is 16.8. The molecular weight excluding hydrogens is 719 g/mol. The Balaban J connectivity index is 1.40. The van der Waals surface area contributed by atoms with Gasteiger partial charge in [0, 0.05) is 19.5 Å². The fourth-order valence-electron chi connectivity index (χ4n) is 9.93. The summed E-state index contributed by atoms with van der Waals surface area (Å²) in [5.41, 5.74) is -1.75. The van der Waals surface area contributed by atoms with Gasteiger partial charge in [-0.3, -0.25) is 19.2 Å². The molecule has 55 heavy (non-hydrogen) atoms. The second-order valence-corrected chi connectivity index (χ2v) is 21.6. The number of sulfone groups is 1. The topological polar surface area (TPSA) is 171 Å². The van der Waals surface area contributed by atoms with Crippen molar-refractivity contribution in [1.29, 1.82) is 0 Å². The maximum atomic E-state index is 15.0. The minimum Gasteiger partial charge on any atom is -0.348 e. The van der Waals surface area contributed by atoms with Crippen LogP contribution in [0.25, 0.3) is 0 Å². The molecule has 308 valence electrons. The van der Waals surface area contributed by atoms with Crippen LogP contribution in [0.15, 0.2) is 0 Å². The molecule has 4 aliphatic carbocycles. The molecule has 2 unspecified atom stereocenters. The van der Waals surface area contributed by atoms with Crippen LogP contribution >= 0.6 is 0 Å². The number of carbonyl (C=O) groups is 5. The molecule has 5 atom stereocenters. The minimum absolute atomic E-state index is 0.0614. The molecule has 4 N–H and O–H groups in total. The zero-order valence-electron chi connectivity index (χ0n) is 34.2. The number of amides is 5. The maximum Gasteiger partial charge on any atom is 0.315 e. The standard InChI is InChI=1S/C42H67N5O7S/c1-8-10-24-43-36(50)33(48)30(25-28-18-17-19-28)44-35(49)32-31-29(40(31,5)6)26-47(32)37(51)34(41(7)20-13-11-14-21-41)45-38(52)46-42(22-15-12-16-23-42)27-55(53,54)39(3,4)9-2/h1,28-32,34H,9-27H2,2-7H3,(H,43,50)(H,44,49)(H2,45,46,52)/t29-,30?,31?,32+,34-/m1/s1. The van der Waals surface area contributed by atoms with E-state index in [1.807, 2.05) is 13.8 Å². The third-order valence-electron chi connectivity index (χ3n) is 14.5. The van der Waals surface area contributed by atoms with Crippen LogP contribution in [-0.4, -0.2) is 90.1 Å². The Morgan fingerprint density at radius 1 is 0.909 bits per heavy atom. The number of hydrogen-bond donors (Lipinski definition) is 4. The summed E-state index contributed by atoms with van der Waals surface area (Å²) in [4.78, 5) is 71.6. The Labute approximate surface area is 329 Å². The van der Waals surface area contributed by atoms with Gasteiger partial charge in [0.1, 0.15) is 12.1 Å². The molecule has 12 nitrogen and oxygen atoms in total. The summed E-state index contributed by atoms with van der Waals surface area (Å²) in [7, 11) is -3.59. The lowest BCUT2D eigenvalue weighted by Crippen LogP contribution is -2.65. The van der Waals surface area contributed by atoms with Crippen LogP contribution in [0, 0.1) is 40.9 Å². The van der Waals surface area contributed by atoms with Crippen LogP contribution < -0.4 is 21.3 Å². The Hall–Kier alpha value is -3.14. The van der Waals surface area contributed by atoms with Crippen molar-refractivity contribution >= 4 is 39.4 Å². The summed E-state index contributed by atoms with van der Waals surface area (Å²) in [5.74, 6) is 0.108. The van der Waals surface area contributed by atoms with Crippen LogP contribution in [0.3, 0.4) is 0 Å². The van der Waals surface area contributed by atoms with Gasteiger partial charge < -0.3 is 26.2 Å². The Kier molecular flexibility index (Phi) is 13.1. The van der Waals surface area contributed by atoms with E-state index in [1.165, 1.54) is 0 Å². The van der Waals surface area contributed by atoms with E-state index in [-0.39, 0.29) is 47.8 Å². The van der Waals surface area contributed by atoms with Crippen molar-refractivity contribution in [1.82, 2.24) is 26.2 Å². The van der Waals surface area contributed by atoms with Gasteiger partial charge in [-0.25, -0.2) is 13.2 Å². The summed E-state index contributed by atoms with van der Waals surface area (Å²) >= 11 is 0. The Morgan fingerprint density at radius 2 is 1.53 bits per heavy atom. The fourth-order valence-corrected chi connectivity index (χ4v) is 11.8. The second-order valence-electron chi connectivity index (χ2n) is 19.0. The minimum atomic E-state index is -3.59. The average molecular weight is 786 g/mol. The highest BCUT2D eigenvalue weighted by Gasteiger charge is 2.70. The molecule has 5 amide bonds. The van der Waals surface area contributed by atoms with Crippen molar-refractivity contribution in [3.63, 3.8) is 0 Å². The van der Waals surface area contributed by atoms with Crippen molar-refractivity contribution in [2.24, 2.45) is 28.6 Å².